The zero-order valence-corrected chi connectivity index (χ0v) is 10.7. The van der Waals surface area contributed by atoms with Crippen LogP contribution in [0.15, 0.2) is 36.5 Å². The molecule has 0 aliphatic carbocycles. The molecule has 0 saturated heterocycles. The highest BCUT2D eigenvalue weighted by Crippen LogP contribution is 2.23. The summed E-state index contributed by atoms with van der Waals surface area (Å²) >= 11 is 5.70. The Bertz CT molecular complexity index is 559. The fourth-order valence-electron chi connectivity index (χ4n) is 1.76. The molecule has 1 unspecified atom stereocenters. The van der Waals surface area contributed by atoms with Crippen LogP contribution in [0.3, 0.4) is 0 Å². The van der Waals surface area contributed by atoms with Crippen molar-refractivity contribution in [3.8, 4) is 0 Å². The van der Waals surface area contributed by atoms with Gasteiger partial charge in [-0.3, -0.25) is 4.98 Å². The van der Waals surface area contributed by atoms with E-state index in [4.69, 9.17) is 11.6 Å². The molecule has 18 heavy (non-hydrogen) atoms. The van der Waals surface area contributed by atoms with Gasteiger partial charge in [-0.25, -0.2) is 4.39 Å². The van der Waals surface area contributed by atoms with Crippen LogP contribution in [0.2, 0.25) is 5.02 Å². The van der Waals surface area contributed by atoms with E-state index in [-0.39, 0.29) is 11.4 Å². The fourth-order valence-corrected chi connectivity index (χ4v) is 1.95. The van der Waals surface area contributed by atoms with E-state index >= 15 is 0 Å². The molecule has 0 amide bonds. The molecule has 94 valence electrons. The third-order valence-electron chi connectivity index (χ3n) is 2.72. The van der Waals surface area contributed by atoms with Gasteiger partial charge in [0.15, 0.2) is 0 Å². The summed E-state index contributed by atoms with van der Waals surface area (Å²) in [4.78, 5) is 4.08. The Morgan fingerprint density at radius 2 is 2.17 bits per heavy atom. The van der Waals surface area contributed by atoms with E-state index in [0.717, 1.165) is 5.56 Å². The Morgan fingerprint density at radius 3 is 2.89 bits per heavy atom. The number of aliphatic hydroxyl groups excluding tert-OH is 1. The molecule has 1 N–H and O–H groups in total. The topological polar surface area (TPSA) is 33.1 Å². The van der Waals surface area contributed by atoms with Crippen LogP contribution in [0.1, 0.15) is 22.9 Å². The molecule has 0 spiro atoms. The van der Waals surface area contributed by atoms with Crippen LogP contribution in [0.5, 0.6) is 0 Å². The summed E-state index contributed by atoms with van der Waals surface area (Å²) in [5, 5.41) is 10.1. The lowest BCUT2D eigenvalue weighted by Crippen LogP contribution is -2.06. The van der Waals surface area contributed by atoms with Crippen LogP contribution in [0.25, 0.3) is 0 Å². The first-order chi connectivity index (χ1) is 8.58. The Morgan fingerprint density at radius 1 is 1.39 bits per heavy atom. The maximum absolute atomic E-state index is 13.7. The third-order valence-corrected chi connectivity index (χ3v) is 3.01. The van der Waals surface area contributed by atoms with E-state index in [1.165, 1.54) is 6.07 Å². The predicted octanol–water partition coefficient (Wildman–Crippen LogP) is 3.46. The number of hydrogen-bond donors (Lipinski definition) is 1. The minimum Gasteiger partial charge on any atom is -0.386 e. The van der Waals surface area contributed by atoms with Gasteiger partial charge in [0, 0.05) is 12.6 Å². The number of halogens is 2. The minimum absolute atomic E-state index is 0.0666. The summed E-state index contributed by atoms with van der Waals surface area (Å²) in [7, 11) is 0. The summed E-state index contributed by atoms with van der Waals surface area (Å²) < 4.78 is 13.7. The van der Waals surface area contributed by atoms with Crippen molar-refractivity contribution >= 4 is 11.6 Å². The molecule has 1 aromatic carbocycles. The highest BCUT2D eigenvalue weighted by atomic mass is 35.5. The van der Waals surface area contributed by atoms with E-state index in [1.807, 2.05) is 13.0 Å². The van der Waals surface area contributed by atoms with Gasteiger partial charge in [0.05, 0.1) is 10.7 Å². The fraction of sp³-hybridized carbons (Fsp3) is 0.214. The Kier molecular flexibility index (Phi) is 3.94. The van der Waals surface area contributed by atoms with Crippen LogP contribution in [-0.4, -0.2) is 10.1 Å². The SMILES string of the molecule is Cc1ccnc(C(O)Cc2cccc(Cl)c2F)c1. The van der Waals surface area contributed by atoms with Crippen LogP contribution in [0, 0.1) is 12.7 Å². The molecule has 2 rings (SSSR count). The summed E-state index contributed by atoms with van der Waals surface area (Å²) in [6, 6.07) is 8.39. The number of aliphatic hydroxyl groups is 1. The number of aryl methyl sites for hydroxylation is 1. The average molecular weight is 266 g/mol. The number of nitrogens with zero attached hydrogens (tertiary/aromatic N) is 1. The van der Waals surface area contributed by atoms with Crippen molar-refractivity contribution < 1.29 is 9.50 Å². The largest absolute Gasteiger partial charge is 0.386 e. The number of rotatable bonds is 3. The van der Waals surface area contributed by atoms with E-state index in [2.05, 4.69) is 4.98 Å². The molecule has 0 fully saturated rings. The molecular weight excluding hydrogens is 253 g/mol. The second-order valence-corrected chi connectivity index (χ2v) is 4.60. The average Bonchev–Trinajstić information content (AvgIpc) is 2.35. The van der Waals surface area contributed by atoms with Gasteiger partial charge in [-0.1, -0.05) is 23.7 Å². The van der Waals surface area contributed by atoms with E-state index in [1.54, 1.807) is 24.4 Å². The van der Waals surface area contributed by atoms with Crippen molar-refractivity contribution in [1.82, 2.24) is 4.98 Å². The molecule has 0 radical (unpaired) electrons. The Labute approximate surface area is 110 Å². The molecule has 0 aliphatic heterocycles. The van der Waals surface area contributed by atoms with Gasteiger partial charge < -0.3 is 5.11 Å². The van der Waals surface area contributed by atoms with E-state index in [0.29, 0.717) is 11.3 Å². The number of aromatic nitrogens is 1. The lowest BCUT2D eigenvalue weighted by molar-refractivity contribution is 0.172. The van der Waals surface area contributed by atoms with E-state index < -0.39 is 11.9 Å². The normalized spacial score (nSPS) is 12.4. The summed E-state index contributed by atoms with van der Waals surface area (Å²) in [5.74, 6) is -0.481. The molecule has 0 aliphatic rings. The van der Waals surface area contributed by atoms with Gasteiger partial charge in [-0.05, 0) is 36.2 Å². The lowest BCUT2D eigenvalue weighted by atomic mass is 10.0. The van der Waals surface area contributed by atoms with Crippen LogP contribution < -0.4 is 0 Å². The monoisotopic (exact) mass is 265 g/mol. The predicted molar refractivity (Wildman–Crippen MR) is 69.0 cm³/mol. The number of benzene rings is 1. The van der Waals surface area contributed by atoms with Gasteiger partial charge in [-0.2, -0.15) is 0 Å². The molecule has 1 aromatic heterocycles. The van der Waals surface area contributed by atoms with Gasteiger partial charge in [0.25, 0.3) is 0 Å². The maximum atomic E-state index is 13.7. The Hall–Kier alpha value is -1.45. The smallest absolute Gasteiger partial charge is 0.145 e. The van der Waals surface area contributed by atoms with Crippen molar-refractivity contribution in [1.29, 1.82) is 0 Å². The number of hydrogen-bond acceptors (Lipinski definition) is 2. The van der Waals surface area contributed by atoms with Crippen molar-refractivity contribution in [2.24, 2.45) is 0 Å². The maximum Gasteiger partial charge on any atom is 0.145 e. The number of pyridine rings is 1. The second kappa shape index (κ2) is 5.46. The highest BCUT2D eigenvalue weighted by Gasteiger charge is 2.14. The van der Waals surface area contributed by atoms with Gasteiger partial charge in [0.2, 0.25) is 0 Å². The third kappa shape index (κ3) is 2.86. The molecular formula is C14H13ClFNO. The molecule has 0 saturated carbocycles. The quantitative estimate of drug-likeness (QED) is 0.922. The summed E-state index contributed by atoms with van der Waals surface area (Å²) in [6.07, 6.45) is 0.947. The first kappa shape index (κ1) is 13.0. The zero-order valence-electron chi connectivity index (χ0n) is 9.90. The molecule has 0 bridgehead atoms. The first-order valence-corrected chi connectivity index (χ1v) is 5.99. The molecule has 1 heterocycles. The molecule has 2 nitrogen and oxygen atoms in total. The van der Waals surface area contributed by atoms with Gasteiger partial charge >= 0.3 is 0 Å². The minimum atomic E-state index is -0.835. The molecule has 2 aromatic rings. The molecule has 4 heteroatoms. The van der Waals surface area contributed by atoms with Crippen LogP contribution in [0.4, 0.5) is 4.39 Å². The van der Waals surface area contributed by atoms with Gasteiger partial charge in [0.1, 0.15) is 11.9 Å². The molecule has 1 atom stereocenters. The highest BCUT2D eigenvalue weighted by molar-refractivity contribution is 6.30. The van der Waals surface area contributed by atoms with Crippen molar-refractivity contribution in [3.05, 3.63) is 64.2 Å². The summed E-state index contributed by atoms with van der Waals surface area (Å²) in [5.41, 5.74) is 1.93. The van der Waals surface area contributed by atoms with E-state index in [9.17, 15) is 9.50 Å². The van der Waals surface area contributed by atoms with Crippen LogP contribution in [-0.2, 0) is 6.42 Å². The van der Waals surface area contributed by atoms with Crippen LogP contribution >= 0.6 is 11.6 Å². The van der Waals surface area contributed by atoms with Crippen molar-refractivity contribution in [2.45, 2.75) is 19.4 Å². The van der Waals surface area contributed by atoms with Crippen molar-refractivity contribution in [3.63, 3.8) is 0 Å². The Balaban J connectivity index is 2.21. The van der Waals surface area contributed by atoms with Gasteiger partial charge in [-0.15, -0.1) is 0 Å². The summed E-state index contributed by atoms with van der Waals surface area (Å²) in [6.45, 7) is 1.91. The second-order valence-electron chi connectivity index (χ2n) is 4.19. The zero-order chi connectivity index (χ0) is 13.1. The first-order valence-electron chi connectivity index (χ1n) is 5.61. The lowest BCUT2D eigenvalue weighted by Gasteiger charge is -2.11. The standard InChI is InChI=1S/C14H13ClFNO/c1-9-5-6-17-12(7-9)13(18)8-10-3-2-4-11(15)14(10)16/h2-7,13,18H,8H2,1H3. The van der Waals surface area contributed by atoms with Crippen molar-refractivity contribution in [2.75, 3.05) is 0 Å².